The molecule has 0 N–H and O–H groups in total. The zero-order valence-corrected chi connectivity index (χ0v) is 11.3. The summed E-state index contributed by atoms with van der Waals surface area (Å²) in [5, 5.41) is 0.789. The molecule has 0 saturated heterocycles. The SMILES string of the molecule is Cn1cnc(CCc2cccc(Cl)c2)c1Br. The molecule has 0 spiro atoms. The van der Waals surface area contributed by atoms with Crippen molar-refractivity contribution in [2.24, 2.45) is 7.05 Å². The molecule has 2 rings (SSSR count). The Kier molecular flexibility index (Phi) is 3.66. The van der Waals surface area contributed by atoms with E-state index in [0.29, 0.717) is 0 Å². The minimum atomic E-state index is 0.789. The van der Waals surface area contributed by atoms with Gasteiger partial charge in [0.25, 0.3) is 0 Å². The van der Waals surface area contributed by atoms with Gasteiger partial charge in [-0.05, 0) is 46.5 Å². The lowest BCUT2D eigenvalue weighted by molar-refractivity contribution is 0.876. The predicted molar refractivity (Wildman–Crippen MR) is 69.8 cm³/mol. The quantitative estimate of drug-likeness (QED) is 0.846. The number of aryl methyl sites for hydroxylation is 3. The Morgan fingerprint density at radius 2 is 2.19 bits per heavy atom. The zero-order chi connectivity index (χ0) is 11.5. The van der Waals surface area contributed by atoms with Crippen LogP contribution >= 0.6 is 27.5 Å². The molecule has 0 atom stereocenters. The van der Waals surface area contributed by atoms with Crippen molar-refractivity contribution in [3.63, 3.8) is 0 Å². The molecule has 0 bridgehead atoms. The maximum Gasteiger partial charge on any atom is 0.107 e. The first kappa shape index (κ1) is 11.7. The molecule has 16 heavy (non-hydrogen) atoms. The number of aromatic nitrogens is 2. The molecule has 0 fully saturated rings. The molecule has 84 valence electrons. The van der Waals surface area contributed by atoms with Crippen molar-refractivity contribution in [2.45, 2.75) is 12.8 Å². The number of hydrogen-bond acceptors (Lipinski definition) is 1. The topological polar surface area (TPSA) is 17.8 Å². The fourth-order valence-electron chi connectivity index (χ4n) is 1.59. The average molecular weight is 300 g/mol. The van der Waals surface area contributed by atoms with Crippen LogP contribution in [-0.2, 0) is 19.9 Å². The molecule has 0 aliphatic rings. The Balaban J connectivity index is 2.05. The molecule has 2 aromatic rings. The summed E-state index contributed by atoms with van der Waals surface area (Å²) in [7, 11) is 1.97. The summed E-state index contributed by atoms with van der Waals surface area (Å²) in [6, 6.07) is 7.95. The van der Waals surface area contributed by atoms with Crippen LogP contribution in [0.15, 0.2) is 35.2 Å². The molecular weight excluding hydrogens is 288 g/mol. The largest absolute Gasteiger partial charge is 0.328 e. The van der Waals surface area contributed by atoms with Crippen LogP contribution in [0, 0.1) is 0 Å². The lowest BCUT2D eigenvalue weighted by Crippen LogP contribution is -1.93. The first-order chi connectivity index (χ1) is 7.66. The lowest BCUT2D eigenvalue weighted by atomic mass is 10.1. The van der Waals surface area contributed by atoms with Crippen LogP contribution in [-0.4, -0.2) is 9.55 Å². The summed E-state index contributed by atoms with van der Waals surface area (Å²) in [4.78, 5) is 4.34. The molecule has 0 saturated carbocycles. The highest BCUT2D eigenvalue weighted by molar-refractivity contribution is 9.10. The highest BCUT2D eigenvalue weighted by atomic mass is 79.9. The molecule has 1 heterocycles. The van der Waals surface area contributed by atoms with Crippen LogP contribution in [0.4, 0.5) is 0 Å². The van der Waals surface area contributed by atoms with E-state index < -0.39 is 0 Å². The van der Waals surface area contributed by atoms with Gasteiger partial charge in [0.1, 0.15) is 4.60 Å². The Bertz CT molecular complexity index is 494. The predicted octanol–water partition coefficient (Wildman–Crippen LogP) is 3.62. The zero-order valence-electron chi connectivity index (χ0n) is 8.95. The van der Waals surface area contributed by atoms with Gasteiger partial charge in [-0.15, -0.1) is 0 Å². The second-order valence-corrected chi connectivity index (χ2v) is 4.91. The Morgan fingerprint density at radius 3 is 2.81 bits per heavy atom. The van der Waals surface area contributed by atoms with Crippen molar-refractivity contribution in [3.05, 3.63) is 51.5 Å². The van der Waals surface area contributed by atoms with E-state index in [0.717, 1.165) is 28.2 Å². The molecule has 2 nitrogen and oxygen atoms in total. The molecule has 0 aliphatic carbocycles. The van der Waals surface area contributed by atoms with E-state index in [2.05, 4.69) is 27.0 Å². The van der Waals surface area contributed by atoms with Gasteiger partial charge in [-0.2, -0.15) is 0 Å². The van der Waals surface area contributed by atoms with E-state index in [1.54, 1.807) is 0 Å². The number of hydrogen-bond donors (Lipinski definition) is 0. The first-order valence-electron chi connectivity index (χ1n) is 5.07. The van der Waals surface area contributed by atoms with Crippen LogP contribution in [0.3, 0.4) is 0 Å². The maximum absolute atomic E-state index is 5.93. The second kappa shape index (κ2) is 5.02. The van der Waals surface area contributed by atoms with Crippen molar-refractivity contribution in [1.29, 1.82) is 0 Å². The Labute approximate surface area is 108 Å². The summed E-state index contributed by atoms with van der Waals surface area (Å²) in [5.41, 5.74) is 2.33. The smallest absolute Gasteiger partial charge is 0.107 e. The molecule has 1 aromatic heterocycles. The number of rotatable bonds is 3. The number of imidazole rings is 1. The van der Waals surface area contributed by atoms with Crippen LogP contribution in [0.25, 0.3) is 0 Å². The summed E-state index contributed by atoms with van der Waals surface area (Å²) in [5.74, 6) is 0. The lowest BCUT2D eigenvalue weighted by Gasteiger charge is -2.01. The van der Waals surface area contributed by atoms with Crippen LogP contribution < -0.4 is 0 Å². The Hall–Kier alpha value is -0.800. The highest BCUT2D eigenvalue weighted by Crippen LogP contribution is 2.17. The molecular formula is C12H12BrClN2. The van der Waals surface area contributed by atoms with Crippen molar-refractivity contribution < 1.29 is 0 Å². The van der Waals surface area contributed by atoms with Crippen molar-refractivity contribution >= 4 is 27.5 Å². The third-order valence-corrected chi connectivity index (χ3v) is 3.73. The van der Waals surface area contributed by atoms with E-state index in [1.807, 2.05) is 36.1 Å². The Morgan fingerprint density at radius 1 is 1.38 bits per heavy atom. The van der Waals surface area contributed by atoms with Crippen molar-refractivity contribution in [1.82, 2.24) is 9.55 Å². The van der Waals surface area contributed by atoms with E-state index in [-0.39, 0.29) is 0 Å². The van der Waals surface area contributed by atoms with Gasteiger partial charge in [-0.3, -0.25) is 0 Å². The van der Waals surface area contributed by atoms with Gasteiger partial charge < -0.3 is 4.57 Å². The normalized spacial score (nSPS) is 10.7. The molecule has 4 heteroatoms. The van der Waals surface area contributed by atoms with Crippen LogP contribution in [0.1, 0.15) is 11.3 Å². The van der Waals surface area contributed by atoms with Gasteiger partial charge in [0.15, 0.2) is 0 Å². The van der Waals surface area contributed by atoms with E-state index in [4.69, 9.17) is 11.6 Å². The van der Waals surface area contributed by atoms with Gasteiger partial charge in [0, 0.05) is 12.1 Å². The first-order valence-corrected chi connectivity index (χ1v) is 6.24. The fourth-order valence-corrected chi connectivity index (χ4v) is 2.19. The average Bonchev–Trinajstić information content (AvgIpc) is 2.57. The van der Waals surface area contributed by atoms with Gasteiger partial charge in [-0.1, -0.05) is 23.7 Å². The van der Waals surface area contributed by atoms with Gasteiger partial charge >= 0.3 is 0 Å². The number of nitrogens with zero attached hydrogens (tertiary/aromatic N) is 2. The van der Waals surface area contributed by atoms with E-state index in [1.165, 1.54) is 5.56 Å². The monoisotopic (exact) mass is 298 g/mol. The van der Waals surface area contributed by atoms with Gasteiger partial charge in [0.05, 0.1) is 12.0 Å². The van der Waals surface area contributed by atoms with Crippen molar-refractivity contribution in [3.8, 4) is 0 Å². The van der Waals surface area contributed by atoms with Gasteiger partial charge in [-0.25, -0.2) is 4.98 Å². The standard InChI is InChI=1S/C12H12BrClN2/c1-16-8-15-11(12(16)13)6-5-9-3-2-4-10(14)7-9/h2-4,7-8H,5-6H2,1H3. The van der Waals surface area contributed by atoms with Crippen molar-refractivity contribution in [2.75, 3.05) is 0 Å². The summed E-state index contributed by atoms with van der Waals surface area (Å²) in [6.45, 7) is 0. The van der Waals surface area contributed by atoms with Crippen LogP contribution in [0.5, 0.6) is 0 Å². The molecule has 0 aliphatic heterocycles. The summed E-state index contributed by atoms with van der Waals surface area (Å²) in [6.07, 6.45) is 3.69. The third kappa shape index (κ3) is 2.66. The minimum Gasteiger partial charge on any atom is -0.328 e. The van der Waals surface area contributed by atoms with E-state index >= 15 is 0 Å². The van der Waals surface area contributed by atoms with Crippen LogP contribution in [0.2, 0.25) is 5.02 Å². The molecule has 0 amide bonds. The second-order valence-electron chi connectivity index (χ2n) is 3.72. The summed E-state index contributed by atoms with van der Waals surface area (Å²) < 4.78 is 3.02. The number of halogens is 2. The number of benzene rings is 1. The molecule has 1 aromatic carbocycles. The molecule has 0 unspecified atom stereocenters. The fraction of sp³-hybridized carbons (Fsp3) is 0.250. The summed E-state index contributed by atoms with van der Waals surface area (Å²) >= 11 is 9.45. The highest BCUT2D eigenvalue weighted by Gasteiger charge is 2.05. The minimum absolute atomic E-state index is 0.789. The van der Waals surface area contributed by atoms with E-state index in [9.17, 15) is 0 Å². The van der Waals surface area contributed by atoms with Gasteiger partial charge in [0.2, 0.25) is 0 Å². The molecule has 0 radical (unpaired) electrons. The third-order valence-electron chi connectivity index (χ3n) is 2.47. The maximum atomic E-state index is 5.93.